The fourth-order valence-electron chi connectivity index (χ4n) is 3.32. The Hall–Kier alpha value is -1.64. The zero-order chi connectivity index (χ0) is 13.7. The second-order valence-electron chi connectivity index (χ2n) is 7.03. The van der Waals surface area contributed by atoms with Crippen molar-refractivity contribution in [1.82, 2.24) is 14.8 Å². The van der Waals surface area contributed by atoms with Crippen LogP contribution in [0.5, 0.6) is 0 Å². The number of nitrogens with zero attached hydrogens (tertiary/aromatic N) is 3. The molecule has 0 radical (unpaired) electrons. The van der Waals surface area contributed by atoms with Gasteiger partial charge in [0.05, 0.1) is 11.4 Å². The van der Waals surface area contributed by atoms with E-state index in [1.54, 1.807) is 0 Å². The van der Waals surface area contributed by atoms with E-state index in [1.807, 2.05) is 18.3 Å². The molecule has 3 nitrogen and oxygen atoms in total. The van der Waals surface area contributed by atoms with Crippen molar-refractivity contribution < 1.29 is 0 Å². The van der Waals surface area contributed by atoms with Gasteiger partial charge in [0.2, 0.25) is 0 Å². The largest absolute Gasteiger partial charge is 0.237 e. The molecule has 3 heteroatoms. The summed E-state index contributed by atoms with van der Waals surface area (Å²) in [5, 5.41) is 4.94. The highest BCUT2D eigenvalue weighted by Crippen LogP contribution is 2.45. The van der Waals surface area contributed by atoms with E-state index in [9.17, 15) is 0 Å². The monoisotopic (exact) mass is 267 g/mol. The average molecular weight is 267 g/mol. The lowest BCUT2D eigenvalue weighted by Crippen LogP contribution is -2.24. The molecular weight excluding hydrogens is 246 g/mol. The van der Waals surface area contributed by atoms with Crippen LogP contribution in [-0.2, 0) is 12.8 Å². The molecule has 2 heterocycles. The number of hydrogen-bond donors (Lipinski definition) is 0. The Bertz CT molecular complexity index is 636. The van der Waals surface area contributed by atoms with Crippen LogP contribution in [0.25, 0.3) is 5.82 Å². The predicted molar refractivity (Wildman–Crippen MR) is 79.1 cm³/mol. The van der Waals surface area contributed by atoms with Crippen molar-refractivity contribution in [2.45, 2.75) is 51.9 Å². The zero-order valence-corrected chi connectivity index (χ0v) is 12.3. The molecule has 0 spiro atoms. The van der Waals surface area contributed by atoms with Crippen LogP contribution in [0.3, 0.4) is 0 Å². The highest BCUT2D eigenvalue weighted by molar-refractivity contribution is 5.39. The highest BCUT2D eigenvalue weighted by Gasteiger charge is 2.36. The van der Waals surface area contributed by atoms with Crippen molar-refractivity contribution in [3.8, 4) is 5.82 Å². The Kier molecular flexibility index (Phi) is 2.53. The highest BCUT2D eigenvalue weighted by atomic mass is 15.3. The van der Waals surface area contributed by atoms with E-state index in [4.69, 9.17) is 5.10 Å². The number of hydrogen-bond acceptors (Lipinski definition) is 2. The first kappa shape index (κ1) is 12.1. The summed E-state index contributed by atoms with van der Waals surface area (Å²) in [6.45, 7) is 4.73. The Morgan fingerprint density at radius 3 is 2.80 bits per heavy atom. The first-order chi connectivity index (χ1) is 9.64. The normalized spacial score (nSPS) is 20.7. The van der Waals surface area contributed by atoms with Gasteiger partial charge in [-0.15, -0.1) is 0 Å². The lowest BCUT2D eigenvalue weighted by molar-refractivity contribution is 0.308. The predicted octanol–water partition coefficient (Wildman–Crippen LogP) is 3.66. The Labute approximate surface area is 120 Å². The lowest BCUT2D eigenvalue weighted by Gasteiger charge is -2.30. The van der Waals surface area contributed by atoms with Gasteiger partial charge in [-0.1, -0.05) is 19.9 Å². The van der Waals surface area contributed by atoms with Crippen LogP contribution < -0.4 is 0 Å². The van der Waals surface area contributed by atoms with E-state index >= 15 is 0 Å². The van der Waals surface area contributed by atoms with Crippen LogP contribution in [0, 0.1) is 5.41 Å². The maximum absolute atomic E-state index is 4.94. The number of fused-ring (bicyclic) bond motifs is 1. The standard InChI is InChI=1S/C17H21N3/c1-17(2)9-8-13-14(11-17)20(15-5-3-4-10-18-15)19-16(13)12-6-7-12/h3-5,10,12H,6-9,11H2,1-2H3. The van der Waals surface area contributed by atoms with Crippen LogP contribution in [-0.4, -0.2) is 14.8 Å². The number of pyridine rings is 1. The number of aromatic nitrogens is 3. The molecule has 2 aromatic rings. The van der Waals surface area contributed by atoms with Gasteiger partial charge in [-0.25, -0.2) is 9.67 Å². The van der Waals surface area contributed by atoms with Crippen molar-refractivity contribution >= 4 is 0 Å². The topological polar surface area (TPSA) is 30.7 Å². The van der Waals surface area contributed by atoms with E-state index in [1.165, 1.54) is 42.6 Å². The Balaban J connectivity index is 1.87. The van der Waals surface area contributed by atoms with Gasteiger partial charge in [0.1, 0.15) is 0 Å². The minimum Gasteiger partial charge on any atom is -0.237 e. The maximum Gasteiger partial charge on any atom is 0.153 e. The molecule has 0 unspecified atom stereocenters. The molecule has 0 aliphatic heterocycles. The van der Waals surface area contributed by atoms with Gasteiger partial charge >= 0.3 is 0 Å². The second-order valence-corrected chi connectivity index (χ2v) is 7.03. The van der Waals surface area contributed by atoms with Crippen molar-refractivity contribution in [3.63, 3.8) is 0 Å². The molecule has 2 aromatic heterocycles. The molecule has 2 aliphatic carbocycles. The summed E-state index contributed by atoms with van der Waals surface area (Å²) in [4.78, 5) is 4.50. The van der Waals surface area contributed by atoms with E-state index in [0.717, 1.165) is 18.2 Å². The van der Waals surface area contributed by atoms with Crippen LogP contribution in [0.2, 0.25) is 0 Å². The van der Waals surface area contributed by atoms with Gasteiger partial charge in [0.15, 0.2) is 5.82 Å². The number of rotatable bonds is 2. The molecule has 2 aliphatic rings. The van der Waals surface area contributed by atoms with Crippen LogP contribution in [0.4, 0.5) is 0 Å². The molecule has 104 valence electrons. The van der Waals surface area contributed by atoms with Gasteiger partial charge in [-0.2, -0.15) is 5.10 Å². The van der Waals surface area contributed by atoms with Gasteiger partial charge in [-0.3, -0.25) is 0 Å². The summed E-state index contributed by atoms with van der Waals surface area (Å²) < 4.78 is 2.11. The Morgan fingerprint density at radius 2 is 2.10 bits per heavy atom. The molecule has 0 amide bonds. The Morgan fingerprint density at radius 1 is 1.25 bits per heavy atom. The maximum atomic E-state index is 4.94. The van der Waals surface area contributed by atoms with E-state index in [-0.39, 0.29) is 0 Å². The SMILES string of the molecule is CC1(C)CCc2c(C3CC3)nn(-c3ccccn3)c2C1. The van der Waals surface area contributed by atoms with Crippen LogP contribution in [0.1, 0.15) is 56.0 Å². The smallest absolute Gasteiger partial charge is 0.153 e. The third kappa shape index (κ3) is 1.96. The first-order valence-electron chi connectivity index (χ1n) is 7.66. The summed E-state index contributed by atoms with van der Waals surface area (Å²) in [7, 11) is 0. The molecule has 0 N–H and O–H groups in total. The van der Waals surface area contributed by atoms with Crippen molar-refractivity contribution in [2.24, 2.45) is 5.41 Å². The summed E-state index contributed by atoms with van der Waals surface area (Å²) in [6.07, 6.45) is 8.05. The molecule has 1 fully saturated rings. The van der Waals surface area contributed by atoms with Gasteiger partial charge in [-0.05, 0) is 55.2 Å². The van der Waals surface area contributed by atoms with Gasteiger partial charge < -0.3 is 0 Å². The van der Waals surface area contributed by atoms with E-state index in [2.05, 4.69) is 29.6 Å². The molecule has 0 bridgehead atoms. The molecule has 20 heavy (non-hydrogen) atoms. The van der Waals surface area contributed by atoms with Crippen LogP contribution in [0.15, 0.2) is 24.4 Å². The average Bonchev–Trinajstić information content (AvgIpc) is 3.21. The van der Waals surface area contributed by atoms with E-state index in [0.29, 0.717) is 5.41 Å². The summed E-state index contributed by atoms with van der Waals surface area (Å²) in [5.74, 6) is 1.68. The first-order valence-corrected chi connectivity index (χ1v) is 7.66. The van der Waals surface area contributed by atoms with E-state index < -0.39 is 0 Å². The van der Waals surface area contributed by atoms with Gasteiger partial charge in [0.25, 0.3) is 0 Å². The molecule has 0 saturated heterocycles. The molecule has 0 aromatic carbocycles. The molecule has 1 saturated carbocycles. The van der Waals surface area contributed by atoms with Crippen molar-refractivity contribution in [3.05, 3.63) is 41.3 Å². The molecular formula is C17H21N3. The third-order valence-corrected chi connectivity index (χ3v) is 4.65. The zero-order valence-electron chi connectivity index (χ0n) is 12.3. The van der Waals surface area contributed by atoms with Crippen LogP contribution >= 0.6 is 0 Å². The van der Waals surface area contributed by atoms with Gasteiger partial charge in [0, 0.05) is 12.1 Å². The summed E-state index contributed by atoms with van der Waals surface area (Å²) in [6, 6.07) is 6.07. The van der Waals surface area contributed by atoms with Crippen molar-refractivity contribution in [1.29, 1.82) is 0 Å². The molecule has 4 rings (SSSR count). The minimum atomic E-state index is 0.375. The lowest BCUT2D eigenvalue weighted by atomic mass is 9.76. The quantitative estimate of drug-likeness (QED) is 0.831. The fraction of sp³-hybridized carbons (Fsp3) is 0.529. The minimum absolute atomic E-state index is 0.375. The fourth-order valence-corrected chi connectivity index (χ4v) is 3.32. The molecule has 0 atom stereocenters. The second kappa shape index (κ2) is 4.18. The summed E-state index contributed by atoms with van der Waals surface area (Å²) >= 11 is 0. The summed E-state index contributed by atoms with van der Waals surface area (Å²) in [5.41, 5.74) is 4.67. The van der Waals surface area contributed by atoms with Crippen molar-refractivity contribution in [2.75, 3.05) is 0 Å². The third-order valence-electron chi connectivity index (χ3n) is 4.65.